The normalized spacial score (nSPS) is 4.75. The van der Waals surface area contributed by atoms with Crippen LogP contribution >= 0.6 is 0 Å². The smallest absolute Gasteiger partial charge is 0.0135 e. The second-order valence-electron chi connectivity index (χ2n) is 1.18. The molecule has 8 heavy (non-hydrogen) atoms. The van der Waals surface area contributed by atoms with Crippen molar-refractivity contribution >= 4 is 9.52 Å². The van der Waals surface area contributed by atoms with Crippen LogP contribution in [-0.2, 0) is 21.7 Å². The first-order chi connectivity index (χ1) is 3.33. The third-order valence-electron chi connectivity index (χ3n) is 0.167. The molecular formula is C6H14SiTi. The average molecular weight is 162 g/mol. The van der Waals surface area contributed by atoms with Gasteiger partial charge in [0.1, 0.15) is 0 Å². The molecule has 0 bridgehead atoms. The van der Waals surface area contributed by atoms with Gasteiger partial charge in [-0.1, -0.05) is 38.4 Å². The number of allylic oxidation sites excluding steroid dienone is 2. The van der Waals surface area contributed by atoms with Gasteiger partial charge in [-0.25, -0.2) is 0 Å². The third kappa shape index (κ3) is 94.3. The monoisotopic (exact) mass is 162 g/mol. The molecule has 0 atom stereocenters. The molecule has 0 aliphatic heterocycles. The van der Waals surface area contributed by atoms with E-state index in [4.69, 9.17) is 0 Å². The first kappa shape index (κ1) is 15.8. The van der Waals surface area contributed by atoms with E-state index in [2.05, 4.69) is 26.3 Å². The second kappa shape index (κ2) is 26.2. The fraction of sp³-hybridized carbons (Fsp3) is 0.333. The number of hydrogen-bond acceptors (Lipinski definition) is 0. The maximum atomic E-state index is 3.36. The second-order valence-corrected chi connectivity index (χ2v) is 2.59. The predicted octanol–water partition coefficient (Wildman–Crippen LogP) is 1.61. The molecule has 0 unspecified atom stereocenters. The van der Waals surface area contributed by atoms with Crippen LogP contribution in [0.5, 0.6) is 0 Å². The summed E-state index contributed by atoms with van der Waals surface area (Å²) in [4.78, 5) is 0. The Bertz CT molecular complexity index is 37.8. The molecule has 0 spiro atoms. The summed E-state index contributed by atoms with van der Waals surface area (Å²) in [5, 5.41) is 0. The maximum absolute atomic E-state index is 3.36. The van der Waals surface area contributed by atoms with Gasteiger partial charge in [-0.2, -0.15) is 0 Å². The van der Waals surface area contributed by atoms with E-state index in [1.807, 2.05) is 0 Å². The Morgan fingerprint density at radius 2 is 1.25 bits per heavy atom. The molecule has 46 valence electrons. The minimum atomic E-state index is 0. The van der Waals surface area contributed by atoms with Gasteiger partial charge < -0.3 is 0 Å². The van der Waals surface area contributed by atoms with E-state index in [9.17, 15) is 0 Å². The molecule has 0 aromatic heterocycles. The summed E-state index contributed by atoms with van der Waals surface area (Å²) in [6.07, 6.45) is 3.28. The molecule has 0 saturated heterocycles. The van der Waals surface area contributed by atoms with Crippen molar-refractivity contribution in [3.63, 3.8) is 0 Å². The Hall–Kier alpha value is 0.411. The van der Waals surface area contributed by atoms with Crippen molar-refractivity contribution < 1.29 is 21.7 Å². The van der Waals surface area contributed by atoms with Gasteiger partial charge in [-0.15, -0.1) is 0 Å². The molecule has 0 rings (SSSR count). The molecule has 0 radical (unpaired) electrons. The fourth-order valence-corrected chi connectivity index (χ4v) is 0. The van der Waals surface area contributed by atoms with E-state index in [-0.39, 0.29) is 21.7 Å². The van der Waals surface area contributed by atoms with Crippen LogP contribution < -0.4 is 0 Å². The van der Waals surface area contributed by atoms with Gasteiger partial charge in [0.25, 0.3) is 0 Å². The summed E-state index contributed by atoms with van der Waals surface area (Å²) in [5.41, 5.74) is 0. The number of hydrogen-bond donors (Lipinski definition) is 0. The average Bonchev–Trinajstić information content (AvgIpc) is 1.69. The molecule has 0 N–H and O–H groups in total. The van der Waals surface area contributed by atoms with Crippen LogP contribution in [0.3, 0.4) is 0 Å². The van der Waals surface area contributed by atoms with Crippen LogP contribution in [-0.4, -0.2) is 9.52 Å². The Balaban J connectivity index is -0.0000000575. The van der Waals surface area contributed by atoms with Gasteiger partial charge in [0.15, 0.2) is 0 Å². The SMILES string of the molecule is C=CC=C.C[SiH2]C.[Ti]. The van der Waals surface area contributed by atoms with E-state index < -0.39 is 0 Å². The quantitative estimate of drug-likeness (QED) is 0.406. The molecule has 0 fully saturated rings. The zero-order chi connectivity index (χ0) is 6.12. The molecule has 0 aromatic carbocycles. The van der Waals surface area contributed by atoms with Gasteiger partial charge in [-0.05, 0) is 0 Å². The Morgan fingerprint density at radius 3 is 1.25 bits per heavy atom. The summed E-state index contributed by atoms with van der Waals surface area (Å²) in [6, 6.07) is 0. The molecule has 0 saturated carbocycles. The first-order valence-electron chi connectivity index (χ1n) is 2.56. The van der Waals surface area contributed by atoms with E-state index >= 15 is 0 Å². The summed E-state index contributed by atoms with van der Waals surface area (Å²) in [5.74, 6) is 0. The van der Waals surface area contributed by atoms with Gasteiger partial charge in [0, 0.05) is 31.2 Å². The molecular weight excluding hydrogens is 148 g/mol. The summed E-state index contributed by atoms with van der Waals surface area (Å²) >= 11 is 0. The molecule has 0 aromatic rings. The van der Waals surface area contributed by atoms with Crippen LogP contribution in [0, 0.1) is 0 Å². The molecule has 2 heteroatoms. The Morgan fingerprint density at radius 1 is 1.12 bits per heavy atom. The minimum absolute atomic E-state index is 0. The van der Waals surface area contributed by atoms with E-state index in [1.165, 1.54) is 0 Å². The third-order valence-corrected chi connectivity index (χ3v) is 0.167. The molecule has 0 aliphatic rings. The molecule has 0 heterocycles. The predicted molar refractivity (Wildman–Crippen MR) is 40.7 cm³/mol. The van der Waals surface area contributed by atoms with E-state index in [0.717, 1.165) is 0 Å². The van der Waals surface area contributed by atoms with Gasteiger partial charge in [0.05, 0.1) is 0 Å². The van der Waals surface area contributed by atoms with Crippen LogP contribution in [0.4, 0.5) is 0 Å². The van der Waals surface area contributed by atoms with Gasteiger partial charge >= 0.3 is 0 Å². The van der Waals surface area contributed by atoms with Gasteiger partial charge in [0.2, 0.25) is 0 Å². The van der Waals surface area contributed by atoms with Crippen molar-refractivity contribution in [2.45, 2.75) is 13.1 Å². The van der Waals surface area contributed by atoms with Crippen LogP contribution in [0.15, 0.2) is 25.3 Å². The fourth-order valence-electron chi connectivity index (χ4n) is 0. The zero-order valence-corrected chi connectivity index (χ0v) is 8.75. The topological polar surface area (TPSA) is 0 Å². The first-order valence-corrected chi connectivity index (χ1v) is 5.39. The standard InChI is InChI=1S/C4H6.C2H8Si.Ti/c1-3-4-2;1-3-2;/h3-4H,1-2H2;3H2,1-2H3;. The summed E-state index contributed by atoms with van der Waals surface area (Å²) < 4.78 is 0. The van der Waals surface area contributed by atoms with Gasteiger partial charge in [-0.3, -0.25) is 0 Å². The molecule has 0 amide bonds. The van der Waals surface area contributed by atoms with Crippen LogP contribution in [0.1, 0.15) is 0 Å². The van der Waals surface area contributed by atoms with Crippen molar-refractivity contribution in [3.8, 4) is 0 Å². The molecule has 0 aliphatic carbocycles. The van der Waals surface area contributed by atoms with E-state index in [1.54, 1.807) is 12.2 Å². The molecule has 0 nitrogen and oxygen atoms in total. The zero-order valence-electron chi connectivity index (χ0n) is 5.78. The summed E-state index contributed by atoms with van der Waals surface area (Å²) in [6.45, 7) is 11.2. The van der Waals surface area contributed by atoms with E-state index in [0.29, 0.717) is 9.52 Å². The van der Waals surface area contributed by atoms with Crippen molar-refractivity contribution in [1.82, 2.24) is 0 Å². The number of rotatable bonds is 1. The van der Waals surface area contributed by atoms with Crippen molar-refractivity contribution in [2.75, 3.05) is 0 Å². The van der Waals surface area contributed by atoms with Crippen molar-refractivity contribution in [1.29, 1.82) is 0 Å². The largest absolute Gasteiger partial charge is 0.0991 e. The Kier molecular flexibility index (Phi) is 51.6. The van der Waals surface area contributed by atoms with Crippen molar-refractivity contribution in [2.24, 2.45) is 0 Å². The Labute approximate surface area is 69.8 Å². The van der Waals surface area contributed by atoms with Crippen LogP contribution in [0.2, 0.25) is 13.1 Å². The summed E-state index contributed by atoms with van der Waals surface area (Å²) in [7, 11) is 0.417. The van der Waals surface area contributed by atoms with Crippen molar-refractivity contribution in [3.05, 3.63) is 25.3 Å². The maximum Gasteiger partial charge on any atom is 0.0135 e. The minimum Gasteiger partial charge on any atom is -0.0991 e. The van der Waals surface area contributed by atoms with Crippen LogP contribution in [0.25, 0.3) is 0 Å².